The third-order valence-corrected chi connectivity index (χ3v) is 5.15. The molecule has 0 radical (unpaired) electrons. The lowest BCUT2D eigenvalue weighted by Gasteiger charge is -2.37. The van der Waals surface area contributed by atoms with E-state index >= 15 is 0 Å². The van der Waals surface area contributed by atoms with Crippen LogP contribution in [0.5, 0.6) is 5.75 Å². The van der Waals surface area contributed by atoms with Crippen molar-refractivity contribution < 1.29 is 9.90 Å². The molecule has 3 rings (SSSR count). The summed E-state index contributed by atoms with van der Waals surface area (Å²) >= 11 is 0. The van der Waals surface area contributed by atoms with E-state index < -0.39 is 0 Å². The lowest BCUT2D eigenvalue weighted by atomic mass is 10.2. The van der Waals surface area contributed by atoms with Crippen LogP contribution in [0, 0.1) is 0 Å². The Kier molecular flexibility index (Phi) is 9.90. The number of phenols is 1. The van der Waals surface area contributed by atoms with Crippen LogP contribution in [0.25, 0.3) is 0 Å². The number of anilines is 2. The first-order chi connectivity index (χ1) is 14.6. The average molecular weight is 537 g/mol. The van der Waals surface area contributed by atoms with Gasteiger partial charge in [-0.05, 0) is 36.2 Å². The van der Waals surface area contributed by atoms with E-state index in [1.54, 1.807) is 13.1 Å². The SMILES string of the molecule is CCCC(=O)Nc1cccc(CNC(=NC)N2CCN(c3ccccc3O)CC2)c1.I. The Labute approximate surface area is 201 Å². The lowest BCUT2D eigenvalue weighted by molar-refractivity contribution is -0.116. The van der Waals surface area contributed by atoms with Crippen LogP contribution in [0.3, 0.4) is 0 Å². The molecule has 2 aromatic rings. The molecule has 1 fully saturated rings. The molecule has 1 aliphatic heterocycles. The van der Waals surface area contributed by atoms with Gasteiger partial charge in [0.2, 0.25) is 5.91 Å². The number of guanidine groups is 1. The predicted molar refractivity (Wildman–Crippen MR) is 137 cm³/mol. The molecule has 0 aliphatic carbocycles. The zero-order valence-corrected chi connectivity index (χ0v) is 20.5. The summed E-state index contributed by atoms with van der Waals surface area (Å²) in [7, 11) is 1.79. The summed E-state index contributed by atoms with van der Waals surface area (Å²) in [4.78, 5) is 20.7. The zero-order valence-electron chi connectivity index (χ0n) is 18.2. The molecule has 1 aliphatic rings. The van der Waals surface area contributed by atoms with E-state index in [4.69, 9.17) is 0 Å². The number of aliphatic imine (C=N–C) groups is 1. The van der Waals surface area contributed by atoms with Crippen molar-refractivity contribution in [3.05, 3.63) is 54.1 Å². The van der Waals surface area contributed by atoms with Crippen molar-refractivity contribution >= 4 is 47.2 Å². The van der Waals surface area contributed by atoms with E-state index in [-0.39, 0.29) is 29.9 Å². The quantitative estimate of drug-likeness (QED) is 0.298. The summed E-state index contributed by atoms with van der Waals surface area (Å²) in [5.41, 5.74) is 2.78. The molecule has 0 bridgehead atoms. The lowest BCUT2D eigenvalue weighted by Crippen LogP contribution is -2.52. The van der Waals surface area contributed by atoms with Crippen LogP contribution in [-0.4, -0.2) is 55.1 Å². The van der Waals surface area contributed by atoms with Gasteiger partial charge in [0.1, 0.15) is 5.75 Å². The third-order valence-electron chi connectivity index (χ3n) is 5.15. The van der Waals surface area contributed by atoms with E-state index in [0.717, 1.165) is 55.5 Å². The van der Waals surface area contributed by atoms with Gasteiger partial charge in [-0.25, -0.2) is 0 Å². The van der Waals surface area contributed by atoms with Gasteiger partial charge in [-0.1, -0.05) is 31.2 Å². The van der Waals surface area contributed by atoms with Gasteiger partial charge in [-0.15, -0.1) is 24.0 Å². The monoisotopic (exact) mass is 537 g/mol. The van der Waals surface area contributed by atoms with Crippen LogP contribution in [0.1, 0.15) is 25.3 Å². The molecule has 2 aromatic carbocycles. The second-order valence-corrected chi connectivity index (χ2v) is 7.36. The van der Waals surface area contributed by atoms with Crippen molar-refractivity contribution in [3.63, 3.8) is 0 Å². The largest absolute Gasteiger partial charge is 0.506 e. The third kappa shape index (κ3) is 7.02. The summed E-state index contributed by atoms with van der Waals surface area (Å²) in [5, 5.41) is 16.4. The smallest absolute Gasteiger partial charge is 0.224 e. The second-order valence-electron chi connectivity index (χ2n) is 7.36. The van der Waals surface area contributed by atoms with Crippen LogP contribution in [0.2, 0.25) is 0 Å². The standard InChI is InChI=1S/C23H31N5O2.HI/c1-3-7-22(30)26-19-9-6-8-18(16-19)17-25-23(24-2)28-14-12-27(13-15-28)20-10-4-5-11-21(20)29;/h4-6,8-11,16,29H,3,7,12-15,17H2,1-2H3,(H,24,25)(H,26,30);1H. The van der Waals surface area contributed by atoms with Gasteiger partial charge < -0.3 is 25.5 Å². The zero-order chi connectivity index (χ0) is 21.3. The first kappa shape index (κ1) is 24.8. The summed E-state index contributed by atoms with van der Waals surface area (Å²) in [6.07, 6.45) is 1.36. The molecule has 3 N–H and O–H groups in total. The van der Waals surface area contributed by atoms with Gasteiger partial charge in [0.15, 0.2) is 5.96 Å². The summed E-state index contributed by atoms with van der Waals surface area (Å²) in [6, 6.07) is 15.3. The number of hydrogen-bond donors (Lipinski definition) is 3. The summed E-state index contributed by atoms with van der Waals surface area (Å²) in [6.45, 7) is 5.90. The number of aromatic hydroxyl groups is 1. The molecule has 0 aromatic heterocycles. The number of benzene rings is 2. The number of amides is 1. The van der Waals surface area contributed by atoms with Gasteiger partial charge in [-0.3, -0.25) is 9.79 Å². The van der Waals surface area contributed by atoms with Crippen LogP contribution in [0.15, 0.2) is 53.5 Å². The molecular weight excluding hydrogens is 505 g/mol. The minimum Gasteiger partial charge on any atom is -0.506 e. The summed E-state index contributed by atoms with van der Waals surface area (Å²) in [5.74, 6) is 1.22. The van der Waals surface area contributed by atoms with E-state index in [0.29, 0.717) is 18.7 Å². The number of rotatable bonds is 6. The van der Waals surface area contributed by atoms with Gasteiger partial charge >= 0.3 is 0 Å². The van der Waals surface area contributed by atoms with Gasteiger partial charge in [0.05, 0.1) is 5.69 Å². The maximum atomic E-state index is 11.8. The first-order valence-corrected chi connectivity index (χ1v) is 10.5. The number of nitrogens with zero attached hydrogens (tertiary/aromatic N) is 3. The van der Waals surface area contributed by atoms with Gasteiger partial charge in [0, 0.05) is 51.9 Å². The van der Waals surface area contributed by atoms with Crippen LogP contribution < -0.4 is 15.5 Å². The molecular formula is C23H32IN5O2. The number of carbonyl (C=O) groups is 1. The van der Waals surface area contributed by atoms with Crippen molar-refractivity contribution in [2.45, 2.75) is 26.3 Å². The Morgan fingerprint density at radius 3 is 2.52 bits per heavy atom. The highest BCUT2D eigenvalue weighted by atomic mass is 127. The van der Waals surface area contributed by atoms with Crippen LogP contribution >= 0.6 is 24.0 Å². The number of piperazine rings is 1. The second kappa shape index (κ2) is 12.4. The van der Waals surface area contributed by atoms with Crippen LogP contribution in [-0.2, 0) is 11.3 Å². The van der Waals surface area contributed by atoms with E-state index in [1.807, 2.05) is 49.4 Å². The molecule has 8 heteroatoms. The molecule has 0 spiro atoms. The van der Waals surface area contributed by atoms with Crippen LogP contribution in [0.4, 0.5) is 11.4 Å². The van der Waals surface area contributed by atoms with Crippen molar-refractivity contribution in [1.29, 1.82) is 0 Å². The minimum absolute atomic E-state index is 0. The highest BCUT2D eigenvalue weighted by Gasteiger charge is 2.21. The van der Waals surface area contributed by atoms with E-state index in [2.05, 4.69) is 25.4 Å². The molecule has 31 heavy (non-hydrogen) atoms. The highest BCUT2D eigenvalue weighted by molar-refractivity contribution is 14.0. The molecule has 1 amide bonds. The van der Waals surface area contributed by atoms with Crippen molar-refractivity contribution in [2.24, 2.45) is 4.99 Å². The molecule has 1 saturated heterocycles. The number of hydrogen-bond acceptors (Lipinski definition) is 4. The molecule has 0 atom stereocenters. The van der Waals surface area contributed by atoms with Crippen molar-refractivity contribution in [1.82, 2.24) is 10.2 Å². The van der Waals surface area contributed by atoms with Gasteiger partial charge in [-0.2, -0.15) is 0 Å². The first-order valence-electron chi connectivity index (χ1n) is 10.5. The fourth-order valence-corrected chi connectivity index (χ4v) is 3.61. The predicted octanol–water partition coefficient (Wildman–Crippen LogP) is 3.65. The number of phenolic OH excluding ortho intramolecular Hbond substituents is 1. The van der Waals surface area contributed by atoms with Crippen molar-refractivity contribution in [2.75, 3.05) is 43.4 Å². The number of nitrogens with one attached hydrogen (secondary N) is 2. The normalized spacial score (nSPS) is 14.1. The van der Waals surface area contributed by atoms with Crippen molar-refractivity contribution in [3.8, 4) is 5.75 Å². The Balaban J connectivity index is 0.00000341. The molecule has 7 nitrogen and oxygen atoms in total. The fourth-order valence-electron chi connectivity index (χ4n) is 3.61. The molecule has 168 valence electrons. The fraction of sp³-hybridized carbons (Fsp3) is 0.391. The summed E-state index contributed by atoms with van der Waals surface area (Å²) < 4.78 is 0. The molecule has 0 saturated carbocycles. The van der Waals surface area contributed by atoms with Gasteiger partial charge in [0.25, 0.3) is 0 Å². The maximum absolute atomic E-state index is 11.8. The highest BCUT2D eigenvalue weighted by Crippen LogP contribution is 2.27. The number of carbonyl (C=O) groups excluding carboxylic acids is 1. The Morgan fingerprint density at radius 2 is 1.84 bits per heavy atom. The topological polar surface area (TPSA) is 80.2 Å². The number of halogens is 1. The molecule has 0 unspecified atom stereocenters. The maximum Gasteiger partial charge on any atom is 0.224 e. The van der Waals surface area contributed by atoms with E-state index in [9.17, 15) is 9.90 Å². The van der Waals surface area contributed by atoms with E-state index in [1.165, 1.54) is 0 Å². The average Bonchev–Trinajstić information content (AvgIpc) is 2.75. The Bertz CT molecular complexity index is 882. The number of para-hydroxylation sites is 2. The Morgan fingerprint density at radius 1 is 1.10 bits per heavy atom. The molecule has 1 heterocycles. The Hall–Kier alpha value is -2.49. The minimum atomic E-state index is 0.